The molecule has 4 nitrogen and oxygen atoms in total. The number of benzene rings is 1. The number of nitrogens with zero attached hydrogens (tertiary/aromatic N) is 2. The molecule has 1 atom stereocenters. The molecule has 0 saturated heterocycles. The summed E-state index contributed by atoms with van der Waals surface area (Å²) < 4.78 is 13.0. The largest absolute Gasteiger partial charge is 0.326 e. The van der Waals surface area contributed by atoms with E-state index in [1.165, 1.54) is 17.0 Å². The molecule has 1 aliphatic rings. The van der Waals surface area contributed by atoms with Crippen LogP contribution in [-0.4, -0.2) is 15.9 Å². The highest BCUT2D eigenvalue weighted by atomic mass is 32.1. The van der Waals surface area contributed by atoms with Crippen molar-refractivity contribution in [2.75, 3.05) is 5.32 Å². The summed E-state index contributed by atoms with van der Waals surface area (Å²) in [4.78, 5) is 22.5. The first-order valence-corrected chi connectivity index (χ1v) is 8.96. The molecular weight excluding hydrogens is 337 g/mol. The van der Waals surface area contributed by atoms with Crippen LogP contribution in [0, 0.1) is 11.7 Å². The van der Waals surface area contributed by atoms with E-state index in [4.69, 9.17) is 4.98 Å². The molecule has 2 aromatic heterocycles. The molecular formula is C19H16FN3OS. The number of aryl methyl sites for hydroxylation is 1. The van der Waals surface area contributed by atoms with Crippen LogP contribution < -0.4 is 5.32 Å². The lowest BCUT2D eigenvalue weighted by molar-refractivity contribution is -0.120. The minimum absolute atomic E-state index is 0.0198. The van der Waals surface area contributed by atoms with Gasteiger partial charge in [0.15, 0.2) is 0 Å². The standard InChI is InChI=1S/C19H16FN3OS/c20-14-4-6-15(7-5-14)22-18(24)12-3-8-16-17(10-12)25-19(23-16)13-2-1-9-21-11-13/h1-2,4-7,9,11-12H,3,8,10H2,(H,22,24). The molecule has 1 N–H and O–H groups in total. The van der Waals surface area contributed by atoms with Crippen molar-refractivity contribution in [1.82, 2.24) is 9.97 Å². The summed E-state index contributed by atoms with van der Waals surface area (Å²) in [5.41, 5.74) is 2.72. The number of anilines is 1. The van der Waals surface area contributed by atoms with Crippen LogP contribution in [0.3, 0.4) is 0 Å². The quantitative estimate of drug-likeness (QED) is 0.772. The fraction of sp³-hybridized carbons (Fsp3) is 0.211. The molecule has 2 heterocycles. The third-order valence-electron chi connectivity index (χ3n) is 4.33. The van der Waals surface area contributed by atoms with Crippen molar-refractivity contribution >= 4 is 22.9 Å². The zero-order valence-corrected chi connectivity index (χ0v) is 14.2. The zero-order chi connectivity index (χ0) is 17.2. The Morgan fingerprint density at radius 1 is 1.24 bits per heavy atom. The van der Waals surface area contributed by atoms with Gasteiger partial charge in [0.1, 0.15) is 10.8 Å². The highest BCUT2D eigenvalue weighted by molar-refractivity contribution is 7.15. The number of hydrogen-bond donors (Lipinski definition) is 1. The Hall–Kier alpha value is -2.60. The zero-order valence-electron chi connectivity index (χ0n) is 13.4. The average Bonchev–Trinajstić information content (AvgIpc) is 3.07. The van der Waals surface area contributed by atoms with Crippen LogP contribution >= 0.6 is 11.3 Å². The Morgan fingerprint density at radius 3 is 2.84 bits per heavy atom. The SMILES string of the molecule is O=C(Nc1ccc(F)cc1)C1CCc2nc(-c3cccnc3)sc2C1. The van der Waals surface area contributed by atoms with Crippen LogP contribution in [0.25, 0.3) is 10.6 Å². The Bertz CT molecular complexity index is 893. The van der Waals surface area contributed by atoms with Gasteiger partial charge in [-0.2, -0.15) is 0 Å². The lowest BCUT2D eigenvalue weighted by atomic mass is 9.90. The second-order valence-corrected chi connectivity index (χ2v) is 7.15. The summed E-state index contributed by atoms with van der Waals surface area (Å²) in [5, 5.41) is 3.83. The van der Waals surface area contributed by atoms with Crippen molar-refractivity contribution in [1.29, 1.82) is 0 Å². The fourth-order valence-corrected chi connectivity index (χ4v) is 4.17. The molecule has 1 amide bonds. The number of pyridine rings is 1. The van der Waals surface area contributed by atoms with Crippen LogP contribution in [0.5, 0.6) is 0 Å². The third kappa shape index (κ3) is 3.44. The van der Waals surface area contributed by atoms with E-state index < -0.39 is 0 Å². The summed E-state index contributed by atoms with van der Waals surface area (Å²) in [6.45, 7) is 0. The monoisotopic (exact) mass is 353 g/mol. The average molecular weight is 353 g/mol. The molecule has 1 unspecified atom stereocenters. The molecule has 4 rings (SSSR count). The molecule has 0 bridgehead atoms. The number of carbonyl (C=O) groups excluding carboxylic acids is 1. The van der Waals surface area contributed by atoms with E-state index in [-0.39, 0.29) is 17.6 Å². The first kappa shape index (κ1) is 15.9. The van der Waals surface area contributed by atoms with E-state index in [9.17, 15) is 9.18 Å². The van der Waals surface area contributed by atoms with Crippen LogP contribution in [0.15, 0.2) is 48.8 Å². The molecule has 1 aliphatic carbocycles. The summed E-state index contributed by atoms with van der Waals surface area (Å²) in [5.74, 6) is -0.416. The van der Waals surface area contributed by atoms with E-state index >= 15 is 0 Å². The van der Waals surface area contributed by atoms with Gasteiger partial charge in [-0.25, -0.2) is 9.37 Å². The third-order valence-corrected chi connectivity index (χ3v) is 5.50. The normalized spacial score (nSPS) is 16.3. The summed E-state index contributed by atoms with van der Waals surface area (Å²) in [6.07, 6.45) is 5.82. The highest BCUT2D eigenvalue weighted by Gasteiger charge is 2.27. The summed E-state index contributed by atoms with van der Waals surface area (Å²) in [7, 11) is 0. The smallest absolute Gasteiger partial charge is 0.227 e. The van der Waals surface area contributed by atoms with E-state index in [0.29, 0.717) is 12.1 Å². The number of aromatic nitrogens is 2. The van der Waals surface area contributed by atoms with Crippen LogP contribution in [-0.2, 0) is 17.6 Å². The summed E-state index contributed by atoms with van der Waals surface area (Å²) in [6, 6.07) is 9.74. The first-order valence-electron chi connectivity index (χ1n) is 8.14. The Kier molecular flexibility index (Phi) is 4.28. The lowest BCUT2D eigenvalue weighted by Crippen LogP contribution is -2.27. The number of halogens is 1. The van der Waals surface area contributed by atoms with E-state index in [2.05, 4.69) is 10.3 Å². The van der Waals surface area contributed by atoms with E-state index in [0.717, 1.165) is 29.1 Å². The van der Waals surface area contributed by atoms with Crippen LogP contribution in [0.1, 0.15) is 17.0 Å². The van der Waals surface area contributed by atoms with Crippen LogP contribution in [0.2, 0.25) is 0 Å². The lowest BCUT2D eigenvalue weighted by Gasteiger charge is -2.20. The van der Waals surface area contributed by atoms with Crippen molar-refractivity contribution in [3.8, 4) is 10.6 Å². The number of fused-ring (bicyclic) bond motifs is 1. The number of nitrogens with one attached hydrogen (secondary N) is 1. The number of carbonyl (C=O) groups is 1. The minimum Gasteiger partial charge on any atom is -0.326 e. The number of amides is 1. The van der Waals surface area contributed by atoms with Gasteiger partial charge < -0.3 is 5.32 Å². The van der Waals surface area contributed by atoms with Gasteiger partial charge in [0.25, 0.3) is 0 Å². The molecule has 3 aromatic rings. The Morgan fingerprint density at radius 2 is 2.08 bits per heavy atom. The first-order chi connectivity index (χ1) is 12.2. The molecule has 0 saturated carbocycles. The van der Waals surface area contributed by atoms with Crippen molar-refractivity contribution < 1.29 is 9.18 Å². The van der Waals surface area contributed by atoms with Gasteiger partial charge in [-0.3, -0.25) is 9.78 Å². The molecule has 0 radical (unpaired) electrons. The van der Waals surface area contributed by atoms with Crippen molar-refractivity contribution in [2.24, 2.45) is 5.92 Å². The molecule has 0 aliphatic heterocycles. The van der Waals surface area contributed by atoms with Crippen molar-refractivity contribution in [3.63, 3.8) is 0 Å². The Labute approximate surface area is 148 Å². The predicted octanol–water partition coefficient (Wildman–Crippen LogP) is 4.09. The van der Waals surface area contributed by atoms with Gasteiger partial charge in [0, 0.05) is 34.4 Å². The number of rotatable bonds is 3. The maximum atomic E-state index is 13.0. The molecule has 6 heteroatoms. The van der Waals surface area contributed by atoms with E-state index in [1.54, 1.807) is 29.7 Å². The fourth-order valence-electron chi connectivity index (χ4n) is 2.99. The molecule has 1 aromatic carbocycles. The highest BCUT2D eigenvalue weighted by Crippen LogP contribution is 2.34. The molecule has 126 valence electrons. The Balaban J connectivity index is 1.48. The molecule has 25 heavy (non-hydrogen) atoms. The van der Waals surface area contributed by atoms with Crippen molar-refractivity contribution in [2.45, 2.75) is 19.3 Å². The minimum atomic E-state index is -0.312. The van der Waals surface area contributed by atoms with Gasteiger partial charge in [-0.1, -0.05) is 0 Å². The predicted molar refractivity (Wildman–Crippen MR) is 95.9 cm³/mol. The molecule has 0 spiro atoms. The van der Waals surface area contributed by atoms with Gasteiger partial charge in [0.05, 0.1) is 5.69 Å². The second-order valence-electron chi connectivity index (χ2n) is 6.07. The van der Waals surface area contributed by atoms with E-state index in [1.807, 2.05) is 18.3 Å². The van der Waals surface area contributed by atoms with Crippen molar-refractivity contribution in [3.05, 3.63) is 65.2 Å². The van der Waals surface area contributed by atoms with Gasteiger partial charge in [-0.15, -0.1) is 11.3 Å². The maximum absolute atomic E-state index is 13.0. The van der Waals surface area contributed by atoms with Gasteiger partial charge in [0.2, 0.25) is 5.91 Å². The number of thiazole rings is 1. The van der Waals surface area contributed by atoms with Gasteiger partial charge in [-0.05, 0) is 55.7 Å². The maximum Gasteiger partial charge on any atom is 0.227 e. The second kappa shape index (κ2) is 6.72. The topological polar surface area (TPSA) is 54.9 Å². The van der Waals surface area contributed by atoms with Gasteiger partial charge >= 0.3 is 0 Å². The van der Waals surface area contributed by atoms with Crippen LogP contribution in [0.4, 0.5) is 10.1 Å². The summed E-state index contributed by atoms with van der Waals surface area (Å²) >= 11 is 1.64. The number of hydrogen-bond acceptors (Lipinski definition) is 4. The molecule has 0 fully saturated rings.